The Morgan fingerprint density at radius 2 is 1.06 bits per heavy atom. The van der Waals surface area contributed by atoms with Crippen molar-refractivity contribution in [1.29, 1.82) is 0 Å². The van der Waals surface area contributed by atoms with Gasteiger partial charge in [0, 0.05) is 8.95 Å². The van der Waals surface area contributed by atoms with Gasteiger partial charge in [0.1, 0.15) is 11.5 Å². The fourth-order valence-electron chi connectivity index (χ4n) is 1.23. The first kappa shape index (κ1) is 13.6. The molecule has 88 valence electrons. The Hall–Kier alpha value is 0.160. The molecule has 0 fully saturated rings. The van der Waals surface area contributed by atoms with E-state index in [1.54, 1.807) is 0 Å². The first-order chi connectivity index (χ1) is 8.06. The summed E-state index contributed by atoms with van der Waals surface area (Å²) >= 11 is 13.7. The van der Waals surface area contributed by atoms with Gasteiger partial charge in [-0.05, 0) is 68.3 Å². The molecular formula is C12H6Br4O. The van der Waals surface area contributed by atoms with Crippen LogP contribution in [0.25, 0.3) is 0 Å². The molecule has 0 bridgehead atoms. The number of hydrogen-bond acceptors (Lipinski definition) is 1. The number of ether oxygens (including phenoxy) is 1. The molecule has 0 unspecified atom stereocenters. The minimum atomic E-state index is 0.774. The van der Waals surface area contributed by atoms with Gasteiger partial charge < -0.3 is 4.74 Å². The van der Waals surface area contributed by atoms with E-state index >= 15 is 0 Å². The highest BCUT2D eigenvalue weighted by Gasteiger charge is 2.06. The van der Waals surface area contributed by atoms with Gasteiger partial charge in [-0.1, -0.05) is 31.9 Å². The second-order valence-electron chi connectivity index (χ2n) is 3.25. The third-order valence-corrected chi connectivity index (χ3v) is 4.23. The van der Waals surface area contributed by atoms with Crippen molar-refractivity contribution in [2.24, 2.45) is 0 Å². The largest absolute Gasteiger partial charge is 0.455 e. The van der Waals surface area contributed by atoms with Crippen LogP contribution < -0.4 is 4.74 Å². The third kappa shape index (κ3) is 3.56. The second-order valence-corrected chi connectivity index (χ2v) is 6.79. The normalized spacial score (nSPS) is 10.4. The van der Waals surface area contributed by atoms with Crippen molar-refractivity contribution in [1.82, 2.24) is 0 Å². The lowest BCUT2D eigenvalue weighted by Gasteiger charge is -2.09. The summed E-state index contributed by atoms with van der Waals surface area (Å²) < 4.78 is 9.64. The van der Waals surface area contributed by atoms with Gasteiger partial charge in [0.2, 0.25) is 0 Å². The van der Waals surface area contributed by atoms with Gasteiger partial charge in [-0.15, -0.1) is 0 Å². The minimum Gasteiger partial charge on any atom is -0.455 e. The highest BCUT2D eigenvalue weighted by molar-refractivity contribution is 9.11. The van der Waals surface area contributed by atoms with Crippen molar-refractivity contribution in [2.75, 3.05) is 0 Å². The number of benzene rings is 2. The molecule has 0 amide bonds. The summed E-state index contributed by atoms with van der Waals surface area (Å²) in [5, 5.41) is 0. The van der Waals surface area contributed by atoms with Gasteiger partial charge in [-0.3, -0.25) is 0 Å². The monoisotopic (exact) mass is 488 g/mol. The molecule has 2 aromatic rings. The van der Waals surface area contributed by atoms with Gasteiger partial charge >= 0.3 is 0 Å². The molecule has 0 atom stereocenters. The second kappa shape index (κ2) is 5.87. The zero-order valence-corrected chi connectivity index (χ0v) is 14.7. The summed E-state index contributed by atoms with van der Waals surface area (Å²) in [6, 6.07) is 11.6. The topological polar surface area (TPSA) is 9.23 Å². The fourth-order valence-corrected chi connectivity index (χ4v) is 3.49. The van der Waals surface area contributed by atoms with Crippen LogP contribution in [0.4, 0.5) is 0 Å². The van der Waals surface area contributed by atoms with Crippen molar-refractivity contribution in [3.8, 4) is 11.5 Å². The summed E-state index contributed by atoms with van der Waals surface area (Å²) in [6.07, 6.45) is 0. The van der Waals surface area contributed by atoms with E-state index in [1.165, 1.54) is 0 Å². The molecule has 0 N–H and O–H groups in total. The minimum absolute atomic E-state index is 0.774. The standard InChI is InChI=1S/C12H6Br4O/c13-7-1-3-11(9(15)5-7)17-12-4-2-8(14)6-10(12)16/h1-6H/i1+1,3+1,5+1,7+1,9+1,11+1. The SMILES string of the molecule is Brc1ccc(O[13c]2[13cH][13cH][13c](Br)[13cH][13c]2Br)c(Br)c1. The van der Waals surface area contributed by atoms with Crippen molar-refractivity contribution in [3.63, 3.8) is 0 Å². The summed E-state index contributed by atoms with van der Waals surface area (Å²) in [6.45, 7) is 0. The Kier molecular flexibility index (Phi) is 4.69. The molecule has 2 aromatic carbocycles. The van der Waals surface area contributed by atoms with Gasteiger partial charge in [-0.25, -0.2) is 0 Å². The van der Waals surface area contributed by atoms with Gasteiger partial charge in [0.25, 0.3) is 0 Å². The van der Waals surface area contributed by atoms with Crippen molar-refractivity contribution >= 4 is 63.7 Å². The van der Waals surface area contributed by atoms with Crippen LogP contribution in [0.5, 0.6) is 11.5 Å². The lowest BCUT2D eigenvalue weighted by Crippen LogP contribution is -1.86. The summed E-state index contributed by atoms with van der Waals surface area (Å²) in [7, 11) is 0. The quantitative estimate of drug-likeness (QED) is 0.464. The molecule has 17 heavy (non-hydrogen) atoms. The van der Waals surface area contributed by atoms with E-state index < -0.39 is 0 Å². The van der Waals surface area contributed by atoms with Crippen LogP contribution in [0, 0.1) is 0 Å². The molecule has 1 nitrogen and oxygen atoms in total. The van der Waals surface area contributed by atoms with Crippen molar-refractivity contribution in [3.05, 3.63) is 54.3 Å². The van der Waals surface area contributed by atoms with Crippen LogP contribution in [-0.2, 0) is 0 Å². The molecule has 0 spiro atoms. The molecule has 0 radical (unpaired) electrons. The molecule has 0 aromatic heterocycles. The Bertz CT molecular complexity index is 505. The maximum atomic E-state index is 5.81. The summed E-state index contributed by atoms with van der Waals surface area (Å²) in [5.41, 5.74) is 0. The lowest BCUT2D eigenvalue weighted by molar-refractivity contribution is 0.476. The number of rotatable bonds is 2. The molecule has 0 heterocycles. The fraction of sp³-hybridized carbons (Fsp3) is 0. The summed E-state index contributed by atoms with van der Waals surface area (Å²) in [4.78, 5) is 0. The molecule has 0 saturated carbocycles. The smallest absolute Gasteiger partial charge is 0.141 e. The van der Waals surface area contributed by atoms with E-state index in [4.69, 9.17) is 4.74 Å². The van der Waals surface area contributed by atoms with Gasteiger partial charge in [0.15, 0.2) is 0 Å². The first-order valence-corrected chi connectivity index (χ1v) is 7.81. The molecular weight excluding hydrogens is 486 g/mol. The number of halogens is 4. The summed E-state index contributed by atoms with van der Waals surface area (Å²) in [5.74, 6) is 1.55. The molecule has 0 saturated heterocycles. The molecule has 2 rings (SSSR count). The van der Waals surface area contributed by atoms with E-state index in [2.05, 4.69) is 63.7 Å². The zero-order chi connectivity index (χ0) is 12.4. The average molecular weight is 492 g/mol. The molecule has 0 aliphatic heterocycles. The van der Waals surface area contributed by atoms with Crippen LogP contribution in [0.15, 0.2) is 54.3 Å². The van der Waals surface area contributed by atoms with Gasteiger partial charge in [-0.2, -0.15) is 0 Å². The van der Waals surface area contributed by atoms with E-state index in [0.717, 1.165) is 29.4 Å². The van der Waals surface area contributed by atoms with Crippen molar-refractivity contribution < 1.29 is 4.74 Å². The van der Waals surface area contributed by atoms with E-state index in [1.807, 2.05) is 36.4 Å². The van der Waals surface area contributed by atoms with Crippen molar-refractivity contribution in [2.45, 2.75) is 0 Å². The van der Waals surface area contributed by atoms with E-state index in [-0.39, 0.29) is 0 Å². The predicted octanol–water partition coefficient (Wildman–Crippen LogP) is 6.53. The molecule has 5 heteroatoms. The van der Waals surface area contributed by atoms with Crippen LogP contribution in [0.2, 0.25) is 0 Å². The Morgan fingerprint density at radius 1 is 0.647 bits per heavy atom. The highest BCUT2D eigenvalue weighted by atomic mass is 79.9. The lowest BCUT2D eigenvalue weighted by atomic mass is 10.3. The zero-order valence-electron chi connectivity index (χ0n) is 8.38. The van der Waals surface area contributed by atoms with Crippen LogP contribution in [-0.4, -0.2) is 0 Å². The van der Waals surface area contributed by atoms with E-state index in [0.29, 0.717) is 0 Å². The van der Waals surface area contributed by atoms with Gasteiger partial charge in [0.05, 0.1) is 8.95 Å². The molecule has 0 aliphatic carbocycles. The average Bonchev–Trinajstić information content (AvgIpc) is 2.25. The Labute approximate surface area is 133 Å². The Balaban J connectivity index is 2.31. The highest BCUT2D eigenvalue weighted by Crippen LogP contribution is 2.36. The predicted molar refractivity (Wildman–Crippen MR) is 83.8 cm³/mol. The maximum Gasteiger partial charge on any atom is 0.141 e. The van der Waals surface area contributed by atoms with Crippen LogP contribution in [0.3, 0.4) is 0 Å². The third-order valence-electron chi connectivity index (χ3n) is 2.01. The first-order valence-electron chi connectivity index (χ1n) is 4.64. The van der Waals surface area contributed by atoms with Crippen LogP contribution in [0.1, 0.15) is 0 Å². The van der Waals surface area contributed by atoms with Crippen LogP contribution >= 0.6 is 63.7 Å². The maximum absolute atomic E-state index is 5.81. The number of hydrogen-bond donors (Lipinski definition) is 0. The van der Waals surface area contributed by atoms with E-state index in [9.17, 15) is 0 Å². The Morgan fingerprint density at radius 3 is 1.41 bits per heavy atom. The molecule has 0 aliphatic rings.